The van der Waals surface area contributed by atoms with Gasteiger partial charge in [-0.05, 0) is 38.0 Å². The molecule has 1 aliphatic rings. The highest BCUT2D eigenvalue weighted by Gasteiger charge is 2.36. The molecule has 0 N–H and O–H groups in total. The summed E-state index contributed by atoms with van der Waals surface area (Å²) in [6.07, 6.45) is 2.29. The lowest BCUT2D eigenvalue weighted by Gasteiger charge is -2.36. The smallest absolute Gasteiger partial charge is 0.200 e. The highest BCUT2D eigenvalue weighted by molar-refractivity contribution is 5.87. The summed E-state index contributed by atoms with van der Waals surface area (Å²) in [6, 6.07) is 16.5. The molecule has 4 aromatic rings. The van der Waals surface area contributed by atoms with Gasteiger partial charge in [-0.25, -0.2) is 4.39 Å². The van der Waals surface area contributed by atoms with Crippen molar-refractivity contribution in [3.8, 4) is 11.5 Å². The van der Waals surface area contributed by atoms with Gasteiger partial charge in [0.05, 0.1) is 42.1 Å². The molecule has 5 nitrogen and oxygen atoms in total. The molecule has 0 unspecified atom stereocenters. The van der Waals surface area contributed by atoms with Gasteiger partial charge in [0.25, 0.3) is 0 Å². The predicted octanol–water partition coefficient (Wildman–Crippen LogP) is 6.48. The zero-order chi connectivity index (χ0) is 25.2. The van der Waals surface area contributed by atoms with Crippen LogP contribution >= 0.6 is 0 Å². The Hall–Kier alpha value is -3.58. The summed E-state index contributed by atoms with van der Waals surface area (Å²) >= 11 is 0. The first-order chi connectivity index (χ1) is 17.5. The van der Waals surface area contributed by atoms with Crippen LogP contribution in [0.3, 0.4) is 0 Å². The fraction of sp³-hybridized carbons (Fsp3) is 0.310. The monoisotopic (exact) mass is 490 g/mol. The normalized spacial score (nSPS) is 19.9. The minimum Gasteiger partial charge on any atom is -0.493 e. The van der Waals surface area contributed by atoms with E-state index >= 15 is 0 Å². The zero-order valence-corrected chi connectivity index (χ0v) is 20.5. The van der Waals surface area contributed by atoms with E-state index in [0.717, 1.165) is 33.9 Å². The van der Waals surface area contributed by atoms with E-state index in [2.05, 4.69) is 4.98 Å². The molecule has 2 aromatic carbocycles. The Bertz CT molecular complexity index is 1380. The van der Waals surface area contributed by atoms with Crippen LogP contribution in [-0.2, 0) is 11.3 Å². The fourth-order valence-electron chi connectivity index (χ4n) is 5.02. The third kappa shape index (κ3) is 4.63. The van der Waals surface area contributed by atoms with Crippen LogP contribution in [0.4, 0.5) is 8.78 Å². The minimum atomic E-state index is -0.979. The van der Waals surface area contributed by atoms with E-state index < -0.39 is 11.6 Å². The van der Waals surface area contributed by atoms with Crippen molar-refractivity contribution in [2.45, 2.75) is 44.8 Å². The van der Waals surface area contributed by atoms with Gasteiger partial charge >= 0.3 is 0 Å². The second-order valence-corrected chi connectivity index (χ2v) is 9.19. The SMILES string of the molecule is COc1c([C@@H]2C[C@@H](C)OC[C@H]2c2cc(OCc3ccccc3)c3c(C)nccc3n2)ccc(F)c1F. The van der Waals surface area contributed by atoms with Crippen LogP contribution in [0.5, 0.6) is 11.5 Å². The number of ether oxygens (including phenoxy) is 3. The first kappa shape index (κ1) is 24.1. The number of pyridine rings is 2. The highest BCUT2D eigenvalue weighted by Crippen LogP contribution is 2.46. The van der Waals surface area contributed by atoms with Crippen LogP contribution in [0.25, 0.3) is 10.9 Å². The maximum atomic E-state index is 14.6. The Kier molecular flexibility index (Phi) is 6.83. The Balaban J connectivity index is 1.59. The van der Waals surface area contributed by atoms with Gasteiger partial charge in [-0.1, -0.05) is 36.4 Å². The second kappa shape index (κ2) is 10.2. The van der Waals surface area contributed by atoms with Gasteiger partial charge in [-0.2, -0.15) is 4.39 Å². The summed E-state index contributed by atoms with van der Waals surface area (Å²) in [5.41, 5.74) is 4.00. The van der Waals surface area contributed by atoms with Gasteiger partial charge in [0, 0.05) is 29.7 Å². The van der Waals surface area contributed by atoms with E-state index in [1.165, 1.54) is 7.11 Å². The van der Waals surface area contributed by atoms with Crippen molar-refractivity contribution in [1.82, 2.24) is 9.97 Å². The molecule has 0 amide bonds. The molecule has 1 saturated heterocycles. The molecule has 2 aromatic heterocycles. The number of nitrogens with zero attached hydrogens (tertiary/aromatic N) is 2. The van der Waals surface area contributed by atoms with Crippen LogP contribution in [0.2, 0.25) is 0 Å². The van der Waals surface area contributed by atoms with Crippen molar-refractivity contribution < 1.29 is 23.0 Å². The average molecular weight is 491 g/mol. The summed E-state index contributed by atoms with van der Waals surface area (Å²) in [7, 11) is 1.36. The molecule has 0 radical (unpaired) electrons. The number of fused-ring (bicyclic) bond motifs is 1. The molecule has 36 heavy (non-hydrogen) atoms. The molecule has 1 fully saturated rings. The number of rotatable bonds is 6. The van der Waals surface area contributed by atoms with E-state index in [1.807, 2.05) is 56.3 Å². The van der Waals surface area contributed by atoms with Crippen molar-refractivity contribution in [3.63, 3.8) is 0 Å². The van der Waals surface area contributed by atoms with Crippen molar-refractivity contribution >= 4 is 10.9 Å². The van der Waals surface area contributed by atoms with Crippen LogP contribution in [-0.4, -0.2) is 29.8 Å². The van der Waals surface area contributed by atoms with Gasteiger partial charge < -0.3 is 14.2 Å². The van der Waals surface area contributed by atoms with Gasteiger partial charge in [0.15, 0.2) is 11.6 Å². The Morgan fingerprint density at radius 1 is 1.06 bits per heavy atom. The number of methoxy groups -OCH3 is 1. The predicted molar refractivity (Wildman–Crippen MR) is 133 cm³/mol. The average Bonchev–Trinajstić information content (AvgIpc) is 2.89. The van der Waals surface area contributed by atoms with Crippen molar-refractivity contribution in [2.24, 2.45) is 0 Å². The van der Waals surface area contributed by atoms with E-state index in [0.29, 0.717) is 30.9 Å². The molecule has 1 aliphatic heterocycles. The number of hydrogen-bond acceptors (Lipinski definition) is 5. The molecule has 5 rings (SSSR count). The highest BCUT2D eigenvalue weighted by atomic mass is 19.2. The molecule has 3 atom stereocenters. The molecular formula is C29H28F2N2O3. The zero-order valence-electron chi connectivity index (χ0n) is 20.5. The Morgan fingerprint density at radius 3 is 2.64 bits per heavy atom. The lowest BCUT2D eigenvalue weighted by Crippen LogP contribution is -2.30. The molecule has 7 heteroatoms. The van der Waals surface area contributed by atoms with Crippen LogP contribution in [0.15, 0.2) is 60.8 Å². The lowest BCUT2D eigenvalue weighted by atomic mass is 9.78. The molecule has 0 saturated carbocycles. The number of aromatic nitrogens is 2. The summed E-state index contributed by atoms with van der Waals surface area (Å²) in [5, 5.41) is 0.851. The van der Waals surface area contributed by atoms with Gasteiger partial charge in [-0.15, -0.1) is 0 Å². The maximum absolute atomic E-state index is 14.6. The van der Waals surface area contributed by atoms with Gasteiger partial charge in [0.2, 0.25) is 5.82 Å². The second-order valence-electron chi connectivity index (χ2n) is 9.19. The largest absolute Gasteiger partial charge is 0.493 e. The summed E-state index contributed by atoms with van der Waals surface area (Å²) in [5.74, 6) is -1.70. The van der Waals surface area contributed by atoms with E-state index in [-0.39, 0.29) is 23.7 Å². The quantitative estimate of drug-likeness (QED) is 0.310. The molecule has 3 heterocycles. The summed E-state index contributed by atoms with van der Waals surface area (Å²) in [4.78, 5) is 9.40. The standard InChI is InChI=1S/C29H28F2N2O3/c1-17-13-21(20-9-10-23(30)28(31)29(20)34-3)22(16-35-17)25-14-26(36-15-19-7-5-4-6-8-19)27-18(2)32-12-11-24(27)33-25/h4-12,14,17,21-22H,13,15-16H2,1-3H3/t17-,21+,22-/m1/s1. The third-order valence-electron chi connectivity index (χ3n) is 6.83. The lowest BCUT2D eigenvalue weighted by molar-refractivity contribution is 0.00327. The van der Waals surface area contributed by atoms with Gasteiger partial charge in [-0.3, -0.25) is 9.97 Å². The molecule has 0 aliphatic carbocycles. The van der Waals surface area contributed by atoms with Crippen molar-refractivity contribution in [3.05, 3.63) is 94.9 Å². The molecular weight excluding hydrogens is 462 g/mol. The van der Waals surface area contributed by atoms with Crippen LogP contribution in [0.1, 0.15) is 47.7 Å². The number of aryl methyl sites for hydroxylation is 1. The first-order valence-corrected chi connectivity index (χ1v) is 12.0. The number of halogens is 2. The Morgan fingerprint density at radius 2 is 1.86 bits per heavy atom. The number of benzene rings is 2. The topological polar surface area (TPSA) is 53.5 Å². The molecule has 0 bridgehead atoms. The van der Waals surface area contributed by atoms with Crippen LogP contribution < -0.4 is 9.47 Å². The van der Waals surface area contributed by atoms with Gasteiger partial charge in [0.1, 0.15) is 12.4 Å². The minimum absolute atomic E-state index is 0.0511. The maximum Gasteiger partial charge on any atom is 0.200 e. The first-order valence-electron chi connectivity index (χ1n) is 12.0. The van der Waals surface area contributed by atoms with E-state index in [1.54, 1.807) is 12.3 Å². The summed E-state index contributed by atoms with van der Waals surface area (Å²) < 4.78 is 46.3. The van der Waals surface area contributed by atoms with Crippen molar-refractivity contribution in [2.75, 3.05) is 13.7 Å². The molecule has 0 spiro atoms. The summed E-state index contributed by atoms with van der Waals surface area (Å²) in [6.45, 7) is 4.69. The third-order valence-corrected chi connectivity index (χ3v) is 6.83. The van der Waals surface area contributed by atoms with Crippen molar-refractivity contribution in [1.29, 1.82) is 0 Å². The Labute approximate surface area is 209 Å². The van der Waals surface area contributed by atoms with Crippen LogP contribution in [0, 0.1) is 18.6 Å². The fourth-order valence-corrected chi connectivity index (χ4v) is 5.02. The number of hydrogen-bond donors (Lipinski definition) is 0. The van der Waals surface area contributed by atoms with E-state index in [9.17, 15) is 8.78 Å². The molecule has 186 valence electrons. The van der Waals surface area contributed by atoms with E-state index in [4.69, 9.17) is 19.2 Å².